The molecule has 0 spiro atoms. The van der Waals surface area contributed by atoms with Gasteiger partial charge in [0.25, 0.3) is 0 Å². The fourth-order valence-corrected chi connectivity index (χ4v) is 4.43. The summed E-state index contributed by atoms with van der Waals surface area (Å²) in [7, 11) is 4.11. The number of benzene rings is 1. The lowest BCUT2D eigenvalue weighted by molar-refractivity contribution is -0.107. The van der Waals surface area contributed by atoms with Crippen molar-refractivity contribution in [3.8, 4) is 0 Å². The Hall–Kier alpha value is -3.46. The number of amides is 1. The third-order valence-corrected chi connectivity index (χ3v) is 6.42. The molecule has 2 aromatic heterocycles. The van der Waals surface area contributed by atoms with E-state index in [4.69, 9.17) is 9.97 Å². The van der Waals surface area contributed by atoms with Crippen LogP contribution in [0.25, 0.3) is 0 Å². The third-order valence-electron chi connectivity index (χ3n) is 6.42. The second kappa shape index (κ2) is 9.42. The normalized spacial score (nSPS) is 15.0. The van der Waals surface area contributed by atoms with E-state index in [1.54, 1.807) is 0 Å². The fourth-order valence-electron chi connectivity index (χ4n) is 4.43. The van der Waals surface area contributed by atoms with Gasteiger partial charge in [0.15, 0.2) is 0 Å². The number of hydrogen-bond acceptors (Lipinski definition) is 7. The van der Waals surface area contributed by atoms with Gasteiger partial charge in [-0.2, -0.15) is 10.1 Å². The summed E-state index contributed by atoms with van der Waals surface area (Å²) in [5.74, 6) is 1.57. The topological polar surface area (TPSA) is 82.4 Å². The van der Waals surface area contributed by atoms with E-state index in [1.165, 1.54) is 11.1 Å². The number of nitrogens with zero attached hydrogens (tertiary/aromatic N) is 7. The largest absolute Gasteiger partial charge is 0.352 e. The summed E-state index contributed by atoms with van der Waals surface area (Å²) < 4.78 is 1.92. The van der Waals surface area contributed by atoms with Crippen molar-refractivity contribution >= 4 is 29.6 Å². The van der Waals surface area contributed by atoms with Crippen molar-refractivity contribution in [1.82, 2.24) is 24.6 Å². The Morgan fingerprint density at radius 1 is 1.24 bits per heavy atom. The van der Waals surface area contributed by atoms with Crippen molar-refractivity contribution in [2.45, 2.75) is 45.3 Å². The van der Waals surface area contributed by atoms with E-state index in [9.17, 15) is 4.79 Å². The zero-order valence-corrected chi connectivity index (χ0v) is 20.1. The second-order valence-corrected chi connectivity index (χ2v) is 9.44. The first-order valence-electron chi connectivity index (χ1n) is 11.9. The Morgan fingerprint density at radius 3 is 2.85 bits per heavy atom. The fraction of sp³-hybridized carbons (Fsp3) is 0.440. The third kappa shape index (κ3) is 4.89. The lowest BCUT2D eigenvalue weighted by atomic mass is 10.1. The Morgan fingerprint density at radius 2 is 2.09 bits per heavy atom. The standard InChI is InChI=1S/C25H32N8O/c1-18-23-9-10-31(15-19-5-4-6-22(13-19)33(17-34)21-7-8-21)24(23)29-25(27-18)28-20-14-26-32(16-20)12-11-30(2)3/h4-6,13-14,16-17,21H,7-12,15H2,1-3H3,(H,27,28,29). The SMILES string of the molecule is Cc1nc(Nc2cnn(CCN(C)C)c2)nc2c1CCN2Cc1cccc(N(C=O)C2CC2)c1. The maximum Gasteiger partial charge on any atom is 0.229 e. The number of hydrogen-bond donors (Lipinski definition) is 1. The zero-order chi connectivity index (χ0) is 23.7. The molecular formula is C25H32N8O. The van der Waals surface area contributed by atoms with Crippen LogP contribution in [0.4, 0.5) is 23.1 Å². The highest BCUT2D eigenvalue weighted by Gasteiger charge is 2.29. The first kappa shape index (κ1) is 22.3. The lowest BCUT2D eigenvalue weighted by Crippen LogP contribution is -2.24. The summed E-state index contributed by atoms with van der Waals surface area (Å²) in [5, 5.41) is 7.76. The summed E-state index contributed by atoms with van der Waals surface area (Å²) in [6, 6.07) is 8.65. The summed E-state index contributed by atoms with van der Waals surface area (Å²) >= 11 is 0. The highest BCUT2D eigenvalue weighted by atomic mass is 16.1. The van der Waals surface area contributed by atoms with Gasteiger partial charge in [0.2, 0.25) is 12.4 Å². The minimum absolute atomic E-state index is 0.358. The van der Waals surface area contributed by atoms with Gasteiger partial charge in [0, 0.05) is 48.8 Å². The molecule has 1 N–H and O–H groups in total. The van der Waals surface area contributed by atoms with Crippen molar-refractivity contribution in [2.24, 2.45) is 0 Å². The molecule has 0 bridgehead atoms. The molecule has 2 aliphatic rings. The van der Waals surface area contributed by atoms with Crippen molar-refractivity contribution in [3.63, 3.8) is 0 Å². The molecule has 1 fully saturated rings. The van der Waals surface area contributed by atoms with Gasteiger partial charge in [-0.3, -0.25) is 9.48 Å². The van der Waals surface area contributed by atoms with Gasteiger partial charge < -0.3 is 20.0 Å². The van der Waals surface area contributed by atoms with Crippen LogP contribution in [0.5, 0.6) is 0 Å². The molecule has 1 amide bonds. The molecule has 5 rings (SSSR count). The van der Waals surface area contributed by atoms with Crippen LogP contribution in [0.1, 0.15) is 29.7 Å². The number of nitrogens with one attached hydrogen (secondary N) is 1. The van der Waals surface area contributed by atoms with Crippen molar-refractivity contribution in [3.05, 3.63) is 53.5 Å². The van der Waals surface area contributed by atoms with Gasteiger partial charge in [-0.05, 0) is 58.0 Å². The van der Waals surface area contributed by atoms with Gasteiger partial charge in [0.1, 0.15) is 5.82 Å². The number of aromatic nitrogens is 4. The summed E-state index contributed by atoms with van der Waals surface area (Å²) in [6.07, 6.45) is 7.86. The molecule has 0 saturated heterocycles. The number of carbonyl (C=O) groups excluding carboxylic acids is 1. The molecule has 0 atom stereocenters. The number of anilines is 4. The number of rotatable bonds is 10. The molecule has 0 radical (unpaired) electrons. The molecule has 1 aromatic carbocycles. The smallest absolute Gasteiger partial charge is 0.229 e. The van der Waals surface area contributed by atoms with Crippen LogP contribution in [-0.2, 0) is 24.3 Å². The van der Waals surface area contributed by atoms with Crippen LogP contribution in [0.2, 0.25) is 0 Å². The first-order chi connectivity index (χ1) is 16.5. The molecule has 34 heavy (non-hydrogen) atoms. The van der Waals surface area contributed by atoms with Crippen molar-refractivity contribution in [2.75, 3.05) is 42.3 Å². The number of fused-ring (bicyclic) bond motifs is 1. The molecular weight excluding hydrogens is 428 g/mol. The van der Waals surface area contributed by atoms with Crippen LogP contribution < -0.4 is 15.1 Å². The van der Waals surface area contributed by atoms with Crippen LogP contribution >= 0.6 is 0 Å². The van der Waals surface area contributed by atoms with Crippen LogP contribution in [0, 0.1) is 6.92 Å². The minimum Gasteiger partial charge on any atom is -0.352 e. The molecule has 3 aromatic rings. The van der Waals surface area contributed by atoms with E-state index in [-0.39, 0.29) is 0 Å². The van der Waals surface area contributed by atoms with Gasteiger partial charge in [-0.15, -0.1) is 0 Å². The molecule has 178 valence electrons. The Bertz CT molecular complexity index is 1170. The Labute approximate surface area is 200 Å². The quantitative estimate of drug-likeness (QED) is 0.466. The van der Waals surface area contributed by atoms with Gasteiger partial charge >= 0.3 is 0 Å². The van der Waals surface area contributed by atoms with Gasteiger partial charge in [-0.1, -0.05) is 12.1 Å². The first-order valence-corrected chi connectivity index (χ1v) is 11.9. The highest BCUT2D eigenvalue weighted by Crippen LogP contribution is 2.33. The average Bonchev–Trinajstić information content (AvgIpc) is 3.41. The molecule has 1 saturated carbocycles. The van der Waals surface area contributed by atoms with Crippen molar-refractivity contribution in [1.29, 1.82) is 0 Å². The molecule has 0 unspecified atom stereocenters. The van der Waals surface area contributed by atoms with Crippen LogP contribution in [0.3, 0.4) is 0 Å². The predicted molar refractivity (Wildman–Crippen MR) is 134 cm³/mol. The molecule has 9 heteroatoms. The Kier molecular flexibility index (Phi) is 6.19. The molecule has 3 heterocycles. The highest BCUT2D eigenvalue weighted by molar-refractivity contribution is 5.77. The average molecular weight is 461 g/mol. The maximum atomic E-state index is 11.6. The minimum atomic E-state index is 0.358. The lowest BCUT2D eigenvalue weighted by Gasteiger charge is -2.21. The molecule has 1 aliphatic heterocycles. The van der Waals surface area contributed by atoms with E-state index < -0.39 is 0 Å². The molecule has 1 aliphatic carbocycles. The van der Waals surface area contributed by atoms with E-state index in [1.807, 2.05) is 41.0 Å². The van der Waals surface area contributed by atoms with Crippen LogP contribution in [0.15, 0.2) is 36.7 Å². The van der Waals surface area contributed by atoms with E-state index in [0.717, 1.165) is 74.7 Å². The number of aryl methyl sites for hydroxylation is 1. The van der Waals surface area contributed by atoms with Crippen molar-refractivity contribution < 1.29 is 4.79 Å². The number of carbonyl (C=O) groups is 1. The summed E-state index contributed by atoms with van der Waals surface area (Å²) in [5.41, 5.74) is 5.23. The summed E-state index contributed by atoms with van der Waals surface area (Å²) in [4.78, 5) is 27.4. The zero-order valence-electron chi connectivity index (χ0n) is 20.1. The summed E-state index contributed by atoms with van der Waals surface area (Å²) in [6.45, 7) is 5.45. The predicted octanol–water partition coefficient (Wildman–Crippen LogP) is 2.97. The number of likely N-dealkylation sites (N-methyl/N-ethyl adjacent to an activating group) is 1. The van der Waals surface area contributed by atoms with E-state index in [2.05, 4.69) is 46.4 Å². The monoisotopic (exact) mass is 460 g/mol. The van der Waals surface area contributed by atoms with E-state index in [0.29, 0.717) is 12.0 Å². The second-order valence-electron chi connectivity index (χ2n) is 9.44. The molecule has 9 nitrogen and oxygen atoms in total. The van der Waals surface area contributed by atoms with Gasteiger partial charge in [-0.25, -0.2) is 4.98 Å². The van der Waals surface area contributed by atoms with Gasteiger partial charge in [0.05, 0.1) is 18.4 Å². The Balaban J connectivity index is 1.32. The maximum absolute atomic E-state index is 11.6. The van der Waals surface area contributed by atoms with E-state index >= 15 is 0 Å². The van der Waals surface area contributed by atoms with Crippen LogP contribution in [-0.4, -0.2) is 64.3 Å².